The van der Waals surface area contributed by atoms with E-state index >= 15 is 0 Å². The maximum absolute atomic E-state index is 13.6. The maximum atomic E-state index is 13.6. The largest absolute Gasteiger partial charge is 0.390 e. The molecule has 1 aliphatic carbocycles. The first kappa shape index (κ1) is 23.4. The van der Waals surface area contributed by atoms with Crippen LogP contribution in [-0.4, -0.2) is 29.7 Å². The molecule has 0 saturated heterocycles. The van der Waals surface area contributed by atoms with E-state index in [0.717, 1.165) is 25.3 Å². The minimum atomic E-state index is -0.916. The van der Waals surface area contributed by atoms with Crippen molar-refractivity contribution in [3.8, 4) is 0 Å². The fraction of sp³-hybridized carbons (Fsp3) is 0.480. The van der Waals surface area contributed by atoms with Crippen LogP contribution in [0.1, 0.15) is 62.6 Å². The van der Waals surface area contributed by atoms with Crippen molar-refractivity contribution in [1.29, 1.82) is 0 Å². The molecule has 4 nitrogen and oxygen atoms in total. The molecular formula is C25H32F2N2O2. The number of nitrogens with one attached hydrogen (secondary N) is 2. The van der Waals surface area contributed by atoms with E-state index in [1.54, 1.807) is 0 Å². The van der Waals surface area contributed by atoms with Gasteiger partial charge in [0.2, 0.25) is 5.91 Å². The van der Waals surface area contributed by atoms with Crippen LogP contribution >= 0.6 is 0 Å². The first-order chi connectivity index (χ1) is 14.7. The molecule has 2 atom stereocenters. The van der Waals surface area contributed by atoms with Gasteiger partial charge in [0.1, 0.15) is 11.6 Å². The van der Waals surface area contributed by atoms with Gasteiger partial charge in [0.05, 0.1) is 12.1 Å². The van der Waals surface area contributed by atoms with Gasteiger partial charge in [0, 0.05) is 25.1 Å². The Hall–Kier alpha value is -2.31. The van der Waals surface area contributed by atoms with Gasteiger partial charge < -0.3 is 15.7 Å². The smallest absolute Gasteiger partial charge is 0.217 e. The maximum Gasteiger partial charge on any atom is 0.217 e. The third-order valence-corrected chi connectivity index (χ3v) is 6.19. The summed E-state index contributed by atoms with van der Waals surface area (Å²) >= 11 is 0. The van der Waals surface area contributed by atoms with Crippen molar-refractivity contribution >= 4 is 5.91 Å². The van der Waals surface area contributed by atoms with Gasteiger partial charge in [-0.15, -0.1) is 0 Å². The first-order valence-corrected chi connectivity index (χ1v) is 10.9. The highest BCUT2D eigenvalue weighted by atomic mass is 19.1. The minimum Gasteiger partial charge on any atom is -0.390 e. The van der Waals surface area contributed by atoms with Crippen molar-refractivity contribution in [2.24, 2.45) is 0 Å². The molecule has 6 heteroatoms. The van der Waals surface area contributed by atoms with Gasteiger partial charge in [0.25, 0.3) is 0 Å². The molecule has 0 bridgehead atoms. The van der Waals surface area contributed by atoms with E-state index < -0.39 is 23.8 Å². The molecule has 1 aliphatic rings. The van der Waals surface area contributed by atoms with Crippen molar-refractivity contribution in [3.05, 3.63) is 70.8 Å². The SMILES string of the molecule is CC(=O)NC(Cc1cc(F)cc(F)c1)C(O)CNC1(c2cccc(C(C)C)c2)CCC1. The van der Waals surface area contributed by atoms with E-state index in [9.17, 15) is 18.7 Å². The van der Waals surface area contributed by atoms with Crippen molar-refractivity contribution in [1.82, 2.24) is 10.6 Å². The van der Waals surface area contributed by atoms with E-state index in [0.29, 0.717) is 11.5 Å². The van der Waals surface area contributed by atoms with Crippen molar-refractivity contribution in [3.63, 3.8) is 0 Å². The Labute approximate surface area is 183 Å². The molecule has 3 rings (SSSR count). The van der Waals surface area contributed by atoms with Crippen LogP contribution < -0.4 is 10.6 Å². The summed E-state index contributed by atoms with van der Waals surface area (Å²) in [6.07, 6.45) is 2.27. The number of amides is 1. The fourth-order valence-electron chi connectivity index (χ4n) is 4.26. The summed E-state index contributed by atoms with van der Waals surface area (Å²) in [6, 6.07) is 11.1. The Balaban J connectivity index is 1.72. The van der Waals surface area contributed by atoms with E-state index in [1.807, 2.05) is 0 Å². The monoisotopic (exact) mass is 430 g/mol. The third kappa shape index (κ3) is 5.89. The predicted molar refractivity (Wildman–Crippen MR) is 118 cm³/mol. The fourth-order valence-corrected chi connectivity index (χ4v) is 4.26. The summed E-state index contributed by atoms with van der Waals surface area (Å²) in [4.78, 5) is 11.7. The molecule has 2 unspecified atom stereocenters. The van der Waals surface area contributed by atoms with E-state index in [2.05, 4.69) is 48.7 Å². The lowest BCUT2D eigenvalue weighted by molar-refractivity contribution is -0.120. The van der Waals surface area contributed by atoms with Crippen LogP contribution in [0.4, 0.5) is 8.78 Å². The minimum absolute atomic E-state index is 0.132. The molecule has 2 aromatic carbocycles. The van der Waals surface area contributed by atoms with Crippen LogP contribution in [0.25, 0.3) is 0 Å². The summed E-state index contributed by atoms with van der Waals surface area (Å²) in [5.74, 6) is -1.23. The van der Waals surface area contributed by atoms with Crippen LogP contribution in [0.15, 0.2) is 42.5 Å². The second-order valence-electron chi connectivity index (χ2n) is 8.95. The Kier molecular flexibility index (Phi) is 7.44. The number of rotatable bonds is 9. The summed E-state index contributed by atoms with van der Waals surface area (Å²) in [6.45, 7) is 5.95. The van der Waals surface area contributed by atoms with Gasteiger partial charge in [-0.05, 0) is 60.4 Å². The molecule has 31 heavy (non-hydrogen) atoms. The van der Waals surface area contributed by atoms with Gasteiger partial charge in [-0.25, -0.2) is 8.78 Å². The lowest BCUT2D eigenvalue weighted by Crippen LogP contribution is -2.54. The summed E-state index contributed by atoms with van der Waals surface area (Å²) in [5.41, 5.74) is 2.67. The highest BCUT2D eigenvalue weighted by Gasteiger charge is 2.39. The number of halogens is 2. The van der Waals surface area contributed by atoms with Crippen molar-refractivity contribution in [2.75, 3.05) is 6.54 Å². The molecule has 1 amide bonds. The topological polar surface area (TPSA) is 61.4 Å². The van der Waals surface area contributed by atoms with E-state index in [4.69, 9.17) is 0 Å². The number of hydrogen-bond donors (Lipinski definition) is 3. The van der Waals surface area contributed by atoms with Gasteiger partial charge >= 0.3 is 0 Å². The number of hydrogen-bond acceptors (Lipinski definition) is 3. The molecule has 0 spiro atoms. The molecule has 0 heterocycles. The quantitative estimate of drug-likeness (QED) is 0.560. The van der Waals surface area contributed by atoms with Crippen molar-refractivity contribution < 1.29 is 18.7 Å². The highest BCUT2D eigenvalue weighted by Crippen LogP contribution is 2.42. The Morgan fingerprint density at radius 1 is 1.13 bits per heavy atom. The standard InChI is InChI=1S/C25H32F2N2O2/c1-16(2)19-6-4-7-20(13-19)25(8-5-9-25)28-15-24(31)23(29-17(3)30)12-18-10-21(26)14-22(27)11-18/h4,6-7,10-11,13-14,16,23-24,28,31H,5,8-9,12,15H2,1-3H3,(H,29,30). The van der Waals surface area contributed by atoms with Crippen LogP contribution in [0.2, 0.25) is 0 Å². The van der Waals surface area contributed by atoms with Gasteiger partial charge in [-0.3, -0.25) is 4.79 Å². The molecular weight excluding hydrogens is 398 g/mol. The molecule has 2 aromatic rings. The molecule has 0 aromatic heterocycles. The second-order valence-corrected chi connectivity index (χ2v) is 8.95. The zero-order valence-corrected chi connectivity index (χ0v) is 18.4. The van der Waals surface area contributed by atoms with Crippen LogP contribution in [-0.2, 0) is 16.8 Å². The Morgan fingerprint density at radius 2 is 1.81 bits per heavy atom. The zero-order chi connectivity index (χ0) is 22.6. The van der Waals surface area contributed by atoms with E-state index in [-0.39, 0.29) is 24.4 Å². The van der Waals surface area contributed by atoms with Crippen LogP contribution in [0, 0.1) is 11.6 Å². The molecule has 0 aliphatic heterocycles. The lowest BCUT2D eigenvalue weighted by atomic mass is 9.71. The van der Waals surface area contributed by atoms with Crippen LogP contribution in [0.5, 0.6) is 0 Å². The van der Waals surface area contributed by atoms with Crippen molar-refractivity contribution in [2.45, 2.75) is 70.1 Å². The molecule has 1 fully saturated rings. The number of aliphatic hydroxyl groups excluding tert-OH is 1. The van der Waals surface area contributed by atoms with Gasteiger partial charge in [-0.2, -0.15) is 0 Å². The summed E-state index contributed by atoms with van der Waals surface area (Å²) in [5, 5.41) is 17.1. The van der Waals surface area contributed by atoms with E-state index in [1.165, 1.54) is 30.2 Å². The Bertz CT molecular complexity index is 892. The average molecular weight is 431 g/mol. The number of aliphatic hydroxyl groups is 1. The normalized spacial score (nSPS) is 17.1. The summed E-state index contributed by atoms with van der Waals surface area (Å²) in [7, 11) is 0. The number of carbonyl (C=O) groups is 1. The van der Waals surface area contributed by atoms with Crippen LogP contribution in [0.3, 0.4) is 0 Å². The van der Waals surface area contributed by atoms with Gasteiger partial charge in [0.15, 0.2) is 0 Å². The third-order valence-electron chi connectivity index (χ3n) is 6.19. The summed E-state index contributed by atoms with van der Waals surface area (Å²) < 4.78 is 27.1. The molecule has 168 valence electrons. The highest BCUT2D eigenvalue weighted by molar-refractivity contribution is 5.73. The number of carbonyl (C=O) groups excluding carboxylic acids is 1. The average Bonchev–Trinajstić information content (AvgIpc) is 2.65. The molecule has 0 radical (unpaired) electrons. The predicted octanol–water partition coefficient (Wildman–Crippen LogP) is 4.17. The first-order valence-electron chi connectivity index (χ1n) is 10.9. The second kappa shape index (κ2) is 9.88. The number of benzene rings is 2. The zero-order valence-electron chi connectivity index (χ0n) is 18.4. The Morgan fingerprint density at radius 3 is 2.35 bits per heavy atom. The molecule has 3 N–H and O–H groups in total. The van der Waals surface area contributed by atoms with Gasteiger partial charge in [-0.1, -0.05) is 38.1 Å². The lowest BCUT2D eigenvalue weighted by Gasteiger charge is -2.44. The molecule has 1 saturated carbocycles.